The first-order valence-electron chi connectivity index (χ1n) is 2.61. The molecule has 0 aliphatic carbocycles. The lowest BCUT2D eigenvalue weighted by Gasteiger charge is -1.93. The minimum atomic E-state index is -1.36. The molecule has 0 aromatic carbocycles. The van der Waals surface area contributed by atoms with Gasteiger partial charge in [0.05, 0.1) is 0 Å². The number of nitrogens with two attached hydrogens (primary N) is 1. The zero-order valence-electron chi connectivity index (χ0n) is 4.99. The Morgan fingerprint density at radius 2 is 2.20 bits per heavy atom. The first-order chi connectivity index (χ1) is 4.63. The molecule has 5 nitrogen and oxygen atoms in total. The molecule has 1 amide bonds. The number of carbonyl (C=O) groups is 3. The van der Waals surface area contributed by atoms with Crippen LogP contribution in [0.15, 0.2) is 0 Å². The normalized spacial score (nSPS) is 24.6. The summed E-state index contributed by atoms with van der Waals surface area (Å²) in [5.74, 6) is -3.69. The summed E-state index contributed by atoms with van der Waals surface area (Å²) in [5, 5.41) is 0. The molecule has 1 aliphatic heterocycles. The number of cyclic esters (lactones) is 1. The van der Waals surface area contributed by atoms with Gasteiger partial charge in [0.1, 0.15) is 0 Å². The Balaban J connectivity index is 2.82. The van der Waals surface area contributed by atoms with Crippen molar-refractivity contribution in [2.24, 2.45) is 11.7 Å². The second kappa shape index (κ2) is 2.09. The van der Waals surface area contributed by atoms with Gasteiger partial charge in [-0.3, -0.25) is 14.4 Å². The van der Waals surface area contributed by atoms with Crippen LogP contribution in [0.25, 0.3) is 0 Å². The molecule has 1 atom stereocenters. The van der Waals surface area contributed by atoms with Crippen molar-refractivity contribution in [1.29, 1.82) is 0 Å². The standard InChI is InChI=1S/C5H5NO4/c6-4(8)3-2(7)1-10-5(3)9/h3H,1H2,(H2,6,8). The van der Waals surface area contributed by atoms with Crippen LogP contribution in [0.2, 0.25) is 0 Å². The highest BCUT2D eigenvalue weighted by Crippen LogP contribution is 2.08. The third kappa shape index (κ3) is 0.854. The van der Waals surface area contributed by atoms with Crippen LogP contribution in [0, 0.1) is 5.92 Å². The number of primary amides is 1. The van der Waals surface area contributed by atoms with E-state index in [2.05, 4.69) is 4.74 Å². The first-order valence-corrected chi connectivity index (χ1v) is 2.61. The molecule has 0 aromatic heterocycles. The second-order valence-corrected chi connectivity index (χ2v) is 1.91. The fourth-order valence-electron chi connectivity index (χ4n) is 0.715. The summed E-state index contributed by atoms with van der Waals surface area (Å²) in [6.45, 7) is -0.327. The van der Waals surface area contributed by atoms with Crippen LogP contribution in [0.1, 0.15) is 0 Å². The largest absolute Gasteiger partial charge is 0.457 e. The van der Waals surface area contributed by atoms with Crippen molar-refractivity contribution >= 4 is 17.7 Å². The number of ketones is 1. The number of amides is 1. The van der Waals surface area contributed by atoms with E-state index in [1.807, 2.05) is 0 Å². The lowest BCUT2D eigenvalue weighted by atomic mass is 10.1. The average molecular weight is 143 g/mol. The smallest absolute Gasteiger partial charge is 0.326 e. The van der Waals surface area contributed by atoms with E-state index in [0.29, 0.717) is 0 Å². The van der Waals surface area contributed by atoms with Gasteiger partial charge in [0.2, 0.25) is 5.91 Å². The second-order valence-electron chi connectivity index (χ2n) is 1.91. The molecule has 0 radical (unpaired) electrons. The predicted molar refractivity (Wildman–Crippen MR) is 28.7 cm³/mol. The minimum Gasteiger partial charge on any atom is -0.457 e. The Labute approximate surface area is 56.1 Å². The molecule has 0 spiro atoms. The summed E-state index contributed by atoms with van der Waals surface area (Å²) in [6.07, 6.45) is 0. The Bertz CT molecular complexity index is 194. The van der Waals surface area contributed by atoms with Crippen LogP contribution in [0.4, 0.5) is 0 Å². The highest BCUT2D eigenvalue weighted by atomic mass is 16.5. The van der Waals surface area contributed by atoms with Crippen LogP contribution >= 0.6 is 0 Å². The van der Waals surface area contributed by atoms with Gasteiger partial charge < -0.3 is 10.5 Å². The van der Waals surface area contributed by atoms with Crippen molar-refractivity contribution in [1.82, 2.24) is 0 Å². The summed E-state index contributed by atoms with van der Waals surface area (Å²) in [4.78, 5) is 31.4. The zero-order valence-corrected chi connectivity index (χ0v) is 4.99. The van der Waals surface area contributed by atoms with E-state index in [1.165, 1.54) is 0 Å². The van der Waals surface area contributed by atoms with Gasteiger partial charge >= 0.3 is 5.97 Å². The summed E-state index contributed by atoms with van der Waals surface area (Å²) in [7, 11) is 0. The van der Waals surface area contributed by atoms with Crippen LogP contribution in [0.3, 0.4) is 0 Å². The SMILES string of the molecule is NC(=O)C1C(=O)COC1=O. The Morgan fingerprint density at radius 3 is 2.40 bits per heavy atom. The summed E-state index contributed by atoms with van der Waals surface area (Å²) in [5.41, 5.74) is 4.72. The minimum absolute atomic E-state index is 0.327. The molecule has 2 N–H and O–H groups in total. The zero-order chi connectivity index (χ0) is 7.72. The number of hydrogen-bond donors (Lipinski definition) is 1. The third-order valence-corrected chi connectivity index (χ3v) is 1.20. The highest BCUT2D eigenvalue weighted by molar-refractivity contribution is 6.19. The van der Waals surface area contributed by atoms with E-state index in [4.69, 9.17) is 5.73 Å². The molecule has 54 valence electrons. The van der Waals surface area contributed by atoms with Crippen molar-refractivity contribution in [2.45, 2.75) is 0 Å². The molecule has 10 heavy (non-hydrogen) atoms. The molecule has 1 unspecified atom stereocenters. The van der Waals surface area contributed by atoms with Crippen molar-refractivity contribution < 1.29 is 19.1 Å². The fourth-order valence-corrected chi connectivity index (χ4v) is 0.715. The van der Waals surface area contributed by atoms with Crippen LogP contribution in [-0.2, 0) is 19.1 Å². The molecule has 1 aliphatic rings. The lowest BCUT2D eigenvalue weighted by Crippen LogP contribution is -2.31. The van der Waals surface area contributed by atoms with Gasteiger partial charge in [0, 0.05) is 0 Å². The van der Waals surface area contributed by atoms with Crippen molar-refractivity contribution in [2.75, 3.05) is 6.61 Å². The van der Waals surface area contributed by atoms with Gasteiger partial charge in [-0.05, 0) is 0 Å². The maximum Gasteiger partial charge on any atom is 0.326 e. The highest BCUT2D eigenvalue weighted by Gasteiger charge is 2.39. The molecule has 0 saturated carbocycles. The predicted octanol–water partition coefficient (Wildman–Crippen LogP) is -1.79. The van der Waals surface area contributed by atoms with E-state index in [-0.39, 0.29) is 6.61 Å². The topological polar surface area (TPSA) is 86.5 Å². The van der Waals surface area contributed by atoms with E-state index < -0.39 is 23.6 Å². The van der Waals surface area contributed by atoms with Crippen molar-refractivity contribution in [3.05, 3.63) is 0 Å². The molecule has 0 aromatic rings. The number of esters is 1. The molecular weight excluding hydrogens is 138 g/mol. The number of carbonyl (C=O) groups excluding carboxylic acids is 3. The van der Waals surface area contributed by atoms with Gasteiger partial charge in [-0.25, -0.2) is 0 Å². The Morgan fingerprint density at radius 1 is 1.60 bits per heavy atom. The van der Waals surface area contributed by atoms with E-state index >= 15 is 0 Å². The van der Waals surface area contributed by atoms with Gasteiger partial charge in [-0.1, -0.05) is 0 Å². The van der Waals surface area contributed by atoms with Crippen LogP contribution < -0.4 is 5.73 Å². The maximum absolute atomic E-state index is 10.6. The molecule has 1 rings (SSSR count). The molecule has 0 bridgehead atoms. The van der Waals surface area contributed by atoms with Crippen LogP contribution in [-0.4, -0.2) is 24.3 Å². The molecular formula is C5H5NO4. The molecule has 1 heterocycles. The van der Waals surface area contributed by atoms with Gasteiger partial charge in [-0.15, -0.1) is 0 Å². The van der Waals surface area contributed by atoms with Crippen molar-refractivity contribution in [3.63, 3.8) is 0 Å². The monoisotopic (exact) mass is 143 g/mol. The number of ether oxygens (including phenoxy) is 1. The lowest BCUT2D eigenvalue weighted by molar-refractivity contribution is -0.144. The number of hydrogen-bond acceptors (Lipinski definition) is 4. The van der Waals surface area contributed by atoms with Gasteiger partial charge in [-0.2, -0.15) is 0 Å². The maximum atomic E-state index is 10.6. The van der Waals surface area contributed by atoms with E-state index in [9.17, 15) is 14.4 Å². The first kappa shape index (κ1) is 6.73. The van der Waals surface area contributed by atoms with Crippen molar-refractivity contribution in [3.8, 4) is 0 Å². The Kier molecular flexibility index (Phi) is 1.41. The fraction of sp³-hybridized carbons (Fsp3) is 0.400. The van der Waals surface area contributed by atoms with Crippen LogP contribution in [0.5, 0.6) is 0 Å². The summed E-state index contributed by atoms with van der Waals surface area (Å²) < 4.78 is 4.25. The summed E-state index contributed by atoms with van der Waals surface area (Å²) in [6, 6.07) is 0. The van der Waals surface area contributed by atoms with E-state index in [0.717, 1.165) is 0 Å². The van der Waals surface area contributed by atoms with E-state index in [1.54, 1.807) is 0 Å². The van der Waals surface area contributed by atoms with Gasteiger partial charge in [0.15, 0.2) is 18.3 Å². The summed E-state index contributed by atoms with van der Waals surface area (Å²) >= 11 is 0. The number of rotatable bonds is 1. The number of Topliss-reactive ketones (excluding diaryl/α,β-unsaturated/α-hetero) is 1. The average Bonchev–Trinajstić information content (AvgIpc) is 2.11. The molecule has 1 saturated heterocycles. The third-order valence-electron chi connectivity index (χ3n) is 1.20. The quantitative estimate of drug-likeness (QED) is 0.347. The molecule has 5 heteroatoms. The van der Waals surface area contributed by atoms with Gasteiger partial charge in [0.25, 0.3) is 0 Å². The Hall–Kier alpha value is -1.39. The molecule has 1 fully saturated rings.